The van der Waals surface area contributed by atoms with E-state index in [9.17, 15) is 4.79 Å². The van der Waals surface area contributed by atoms with E-state index in [1.54, 1.807) is 7.11 Å². The van der Waals surface area contributed by atoms with Crippen molar-refractivity contribution in [3.05, 3.63) is 24.3 Å². The molecule has 1 heterocycles. The van der Waals surface area contributed by atoms with Crippen molar-refractivity contribution in [3.63, 3.8) is 0 Å². The third-order valence-electron chi connectivity index (χ3n) is 3.72. The second kappa shape index (κ2) is 10.1. The molecule has 2 aromatic rings. The number of benzene rings is 1. The molecular weight excluding hydrogens is 338 g/mol. The van der Waals surface area contributed by atoms with Gasteiger partial charge in [-0.25, -0.2) is 0 Å². The lowest BCUT2D eigenvalue weighted by molar-refractivity contribution is -0.119. The predicted octanol–water partition coefficient (Wildman–Crippen LogP) is 3.92. The lowest BCUT2D eigenvalue weighted by Gasteiger charge is -2.12. The highest BCUT2D eigenvalue weighted by atomic mass is 32.2. The van der Waals surface area contributed by atoms with Gasteiger partial charge in [-0.05, 0) is 25.5 Å². The van der Waals surface area contributed by atoms with Crippen molar-refractivity contribution in [2.75, 3.05) is 12.9 Å². The molecule has 1 aromatic carbocycles. The van der Waals surface area contributed by atoms with E-state index in [0.717, 1.165) is 18.4 Å². The number of ether oxygens (including phenoxy) is 1. The van der Waals surface area contributed by atoms with Gasteiger partial charge in [-0.1, -0.05) is 50.1 Å². The van der Waals surface area contributed by atoms with Crippen molar-refractivity contribution in [3.8, 4) is 17.2 Å². The number of para-hydroxylation sites is 1. The average Bonchev–Trinajstić information content (AvgIpc) is 3.09. The van der Waals surface area contributed by atoms with Gasteiger partial charge in [0, 0.05) is 6.04 Å². The zero-order valence-electron chi connectivity index (χ0n) is 14.9. The maximum absolute atomic E-state index is 12.0. The van der Waals surface area contributed by atoms with Crippen molar-refractivity contribution in [1.29, 1.82) is 0 Å². The van der Waals surface area contributed by atoms with E-state index in [-0.39, 0.29) is 17.7 Å². The Bertz CT molecular complexity index is 675. The second-order valence-electron chi connectivity index (χ2n) is 5.83. The lowest BCUT2D eigenvalue weighted by atomic mass is 10.1. The number of methoxy groups -OCH3 is 1. The van der Waals surface area contributed by atoms with Crippen molar-refractivity contribution < 1.29 is 13.9 Å². The Hall–Kier alpha value is -2.02. The van der Waals surface area contributed by atoms with Gasteiger partial charge in [0.15, 0.2) is 0 Å². The first kappa shape index (κ1) is 19.3. The summed E-state index contributed by atoms with van der Waals surface area (Å²) in [7, 11) is 1.59. The molecule has 136 valence electrons. The molecule has 0 aliphatic rings. The van der Waals surface area contributed by atoms with Crippen molar-refractivity contribution >= 4 is 17.7 Å². The molecule has 0 saturated carbocycles. The normalized spacial score (nSPS) is 12.0. The number of rotatable bonds is 10. The number of unbranched alkanes of at least 4 members (excludes halogenated alkanes) is 2. The van der Waals surface area contributed by atoms with Crippen molar-refractivity contribution in [1.82, 2.24) is 15.5 Å². The van der Waals surface area contributed by atoms with E-state index in [2.05, 4.69) is 22.4 Å². The molecule has 0 fully saturated rings. The number of nitrogens with zero attached hydrogens (tertiary/aromatic N) is 2. The van der Waals surface area contributed by atoms with Crippen LogP contribution < -0.4 is 10.1 Å². The molecule has 0 saturated heterocycles. The highest BCUT2D eigenvalue weighted by molar-refractivity contribution is 7.99. The largest absolute Gasteiger partial charge is 0.496 e. The monoisotopic (exact) mass is 363 g/mol. The number of hydrogen-bond donors (Lipinski definition) is 1. The Balaban J connectivity index is 1.84. The minimum Gasteiger partial charge on any atom is -0.496 e. The number of amides is 1. The highest BCUT2D eigenvalue weighted by Crippen LogP contribution is 2.30. The van der Waals surface area contributed by atoms with E-state index in [1.807, 2.05) is 31.2 Å². The summed E-state index contributed by atoms with van der Waals surface area (Å²) in [5, 5.41) is 11.4. The van der Waals surface area contributed by atoms with Crippen LogP contribution in [-0.4, -0.2) is 35.0 Å². The van der Waals surface area contributed by atoms with E-state index in [0.29, 0.717) is 16.9 Å². The molecule has 1 amide bonds. The fraction of sp³-hybridized carbons (Fsp3) is 0.500. The first-order chi connectivity index (χ1) is 12.1. The van der Waals surface area contributed by atoms with Gasteiger partial charge in [-0.3, -0.25) is 4.79 Å². The Kier molecular flexibility index (Phi) is 7.78. The van der Waals surface area contributed by atoms with Gasteiger partial charge < -0.3 is 14.5 Å². The Morgan fingerprint density at radius 1 is 1.32 bits per heavy atom. The van der Waals surface area contributed by atoms with Crippen LogP contribution in [0.25, 0.3) is 11.5 Å². The number of hydrogen-bond acceptors (Lipinski definition) is 6. The van der Waals surface area contributed by atoms with Gasteiger partial charge in [0.1, 0.15) is 5.75 Å². The summed E-state index contributed by atoms with van der Waals surface area (Å²) in [5.74, 6) is 1.28. The van der Waals surface area contributed by atoms with Gasteiger partial charge in [-0.2, -0.15) is 0 Å². The summed E-state index contributed by atoms with van der Waals surface area (Å²) in [6.45, 7) is 4.20. The fourth-order valence-electron chi connectivity index (χ4n) is 2.41. The van der Waals surface area contributed by atoms with Gasteiger partial charge >= 0.3 is 0 Å². The molecular formula is C18H25N3O3S. The molecule has 25 heavy (non-hydrogen) atoms. The molecule has 2 rings (SSSR count). The van der Waals surface area contributed by atoms with Crippen LogP contribution in [-0.2, 0) is 4.79 Å². The van der Waals surface area contributed by atoms with Gasteiger partial charge in [0.05, 0.1) is 18.4 Å². The summed E-state index contributed by atoms with van der Waals surface area (Å²) in [4.78, 5) is 12.0. The molecule has 1 unspecified atom stereocenters. The molecule has 0 aliphatic heterocycles. The van der Waals surface area contributed by atoms with Gasteiger partial charge in [0.2, 0.25) is 5.91 Å². The lowest BCUT2D eigenvalue weighted by Crippen LogP contribution is -2.33. The summed E-state index contributed by atoms with van der Waals surface area (Å²) >= 11 is 1.23. The molecule has 1 aromatic heterocycles. The first-order valence-electron chi connectivity index (χ1n) is 8.53. The molecule has 0 aliphatic carbocycles. The predicted molar refractivity (Wildman–Crippen MR) is 98.8 cm³/mol. The zero-order chi connectivity index (χ0) is 18.1. The Morgan fingerprint density at radius 3 is 2.88 bits per heavy atom. The second-order valence-corrected chi connectivity index (χ2v) is 6.75. The van der Waals surface area contributed by atoms with Crippen LogP contribution in [0.1, 0.15) is 39.5 Å². The average molecular weight is 363 g/mol. The van der Waals surface area contributed by atoms with Crippen molar-refractivity contribution in [2.24, 2.45) is 0 Å². The van der Waals surface area contributed by atoms with E-state index in [4.69, 9.17) is 9.15 Å². The Morgan fingerprint density at radius 2 is 2.12 bits per heavy atom. The number of carbonyl (C=O) groups is 1. The van der Waals surface area contributed by atoms with Crippen LogP contribution in [0.2, 0.25) is 0 Å². The first-order valence-corrected chi connectivity index (χ1v) is 9.51. The number of nitrogens with one attached hydrogen (secondary N) is 1. The third kappa shape index (κ3) is 6.08. The fourth-order valence-corrected chi connectivity index (χ4v) is 2.99. The van der Waals surface area contributed by atoms with Crippen LogP contribution in [0.5, 0.6) is 5.75 Å². The number of thioether (sulfide) groups is 1. The van der Waals surface area contributed by atoms with E-state index in [1.165, 1.54) is 24.6 Å². The standard InChI is InChI=1S/C18H25N3O3S/c1-4-5-6-9-13(2)19-16(22)12-25-18-21-20-17(24-18)14-10-7-8-11-15(14)23-3/h7-8,10-11,13H,4-6,9,12H2,1-3H3,(H,19,22). The smallest absolute Gasteiger partial charge is 0.277 e. The summed E-state index contributed by atoms with van der Waals surface area (Å²) in [6.07, 6.45) is 4.52. The molecule has 7 heteroatoms. The van der Waals surface area contributed by atoms with Crippen LogP contribution in [0.15, 0.2) is 33.9 Å². The maximum atomic E-state index is 12.0. The SMILES string of the molecule is CCCCCC(C)NC(=O)CSc1nnc(-c2ccccc2OC)o1. The zero-order valence-corrected chi connectivity index (χ0v) is 15.8. The highest BCUT2D eigenvalue weighted by Gasteiger charge is 2.15. The van der Waals surface area contributed by atoms with Crippen LogP contribution in [0, 0.1) is 0 Å². The molecule has 1 atom stereocenters. The minimum absolute atomic E-state index is 0.0222. The quantitative estimate of drug-likeness (QED) is 0.509. The molecule has 6 nitrogen and oxygen atoms in total. The third-order valence-corrected chi connectivity index (χ3v) is 4.54. The Labute approximate surface area is 152 Å². The van der Waals surface area contributed by atoms with E-state index < -0.39 is 0 Å². The van der Waals surface area contributed by atoms with Crippen LogP contribution in [0.4, 0.5) is 0 Å². The summed E-state index contributed by atoms with van der Waals surface area (Å²) in [5.41, 5.74) is 0.735. The van der Waals surface area contributed by atoms with Crippen molar-refractivity contribution in [2.45, 2.75) is 50.8 Å². The molecule has 0 radical (unpaired) electrons. The summed E-state index contributed by atoms with van der Waals surface area (Å²) in [6, 6.07) is 7.62. The minimum atomic E-state index is -0.0222. The van der Waals surface area contributed by atoms with Gasteiger partial charge in [-0.15, -0.1) is 10.2 Å². The van der Waals surface area contributed by atoms with E-state index >= 15 is 0 Å². The summed E-state index contributed by atoms with van der Waals surface area (Å²) < 4.78 is 10.9. The van der Waals surface area contributed by atoms with Crippen LogP contribution in [0.3, 0.4) is 0 Å². The maximum Gasteiger partial charge on any atom is 0.277 e. The molecule has 0 spiro atoms. The molecule has 1 N–H and O–H groups in total. The number of aromatic nitrogens is 2. The topological polar surface area (TPSA) is 77.2 Å². The van der Waals surface area contributed by atoms with Gasteiger partial charge in [0.25, 0.3) is 11.1 Å². The molecule has 0 bridgehead atoms. The van der Waals surface area contributed by atoms with Crippen LogP contribution >= 0.6 is 11.8 Å². The number of carbonyl (C=O) groups excluding carboxylic acids is 1.